The van der Waals surface area contributed by atoms with Crippen LogP contribution in [0.25, 0.3) is 0 Å². The molecule has 1 aromatic carbocycles. The van der Waals surface area contributed by atoms with Gasteiger partial charge < -0.3 is 9.47 Å². The maximum Gasteiger partial charge on any atom is 0.332 e. The van der Waals surface area contributed by atoms with Gasteiger partial charge in [0.05, 0.1) is 13.2 Å². The van der Waals surface area contributed by atoms with Gasteiger partial charge in [-0.1, -0.05) is 12.1 Å². The topological polar surface area (TPSA) is 38.8 Å². The van der Waals surface area contributed by atoms with Crippen molar-refractivity contribution in [1.82, 2.24) is 4.90 Å². The molecule has 0 N–H and O–H groups in total. The summed E-state index contributed by atoms with van der Waals surface area (Å²) in [6.45, 7) is 3.97. The zero-order chi connectivity index (χ0) is 14.1. The molecule has 0 radical (unpaired) electrons. The molecule has 4 nitrogen and oxygen atoms in total. The molecule has 0 unspecified atom stereocenters. The summed E-state index contributed by atoms with van der Waals surface area (Å²) in [4.78, 5) is 13.1. The Kier molecular flexibility index (Phi) is 7.07. The van der Waals surface area contributed by atoms with Crippen LogP contribution in [-0.4, -0.2) is 44.3 Å². The van der Waals surface area contributed by atoms with Crippen molar-refractivity contribution in [3.8, 4) is 0 Å². The summed E-state index contributed by atoms with van der Waals surface area (Å²) in [6.07, 6.45) is 0. The van der Waals surface area contributed by atoms with Gasteiger partial charge in [-0.15, -0.1) is 0 Å². The van der Waals surface area contributed by atoms with Gasteiger partial charge in [-0.3, -0.25) is 4.90 Å². The summed E-state index contributed by atoms with van der Waals surface area (Å²) in [7, 11) is 1.94. The van der Waals surface area contributed by atoms with Gasteiger partial charge in [0, 0.05) is 13.1 Å². The molecule has 0 aromatic heterocycles. The van der Waals surface area contributed by atoms with E-state index >= 15 is 0 Å². The lowest BCUT2D eigenvalue weighted by Gasteiger charge is -2.16. The standard InChI is InChI=1S/C14H20FNO3/c1-3-19-14(17)11-18-9-8-16(2)10-12-4-6-13(15)7-5-12/h4-7H,3,8-11H2,1-2H3. The molecule has 19 heavy (non-hydrogen) atoms. The van der Waals surface area contributed by atoms with Gasteiger partial charge in [0.1, 0.15) is 12.4 Å². The van der Waals surface area contributed by atoms with Crippen LogP contribution in [0.15, 0.2) is 24.3 Å². The largest absolute Gasteiger partial charge is 0.464 e. The lowest BCUT2D eigenvalue weighted by Crippen LogP contribution is -2.24. The fourth-order valence-corrected chi connectivity index (χ4v) is 1.56. The van der Waals surface area contributed by atoms with Crippen LogP contribution in [0.2, 0.25) is 0 Å². The van der Waals surface area contributed by atoms with Crippen molar-refractivity contribution in [1.29, 1.82) is 0 Å². The van der Waals surface area contributed by atoms with E-state index in [1.54, 1.807) is 19.1 Å². The number of halogens is 1. The van der Waals surface area contributed by atoms with Crippen LogP contribution in [0.4, 0.5) is 4.39 Å². The lowest BCUT2D eigenvalue weighted by atomic mass is 10.2. The first-order valence-corrected chi connectivity index (χ1v) is 6.28. The molecule has 0 heterocycles. The van der Waals surface area contributed by atoms with Gasteiger partial charge in [-0.05, 0) is 31.7 Å². The maximum atomic E-state index is 12.7. The summed E-state index contributed by atoms with van der Waals surface area (Å²) >= 11 is 0. The Balaban J connectivity index is 2.16. The molecule has 0 bridgehead atoms. The molecule has 0 saturated heterocycles. The van der Waals surface area contributed by atoms with Crippen molar-refractivity contribution in [3.63, 3.8) is 0 Å². The first-order valence-electron chi connectivity index (χ1n) is 6.28. The van der Waals surface area contributed by atoms with E-state index in [-0.39, 0.29) is 18.4 Å². The third-order valence-corrected chi connectivity index (χ3v) is 2.51. The average molecular weight is 269 g/mol. The number of nitrogens with zero attached hydrogens (tertiary/aromatic N) is 1. The van der Waals surface area contributed by atoms with Gasteiger partial charge in [-0.2, -0.15) is 0 Å². The lowest BCUT2D eigenvalue weighted by molar-refractivity contribution is -0.148. The SMILES string of the molecule is CCOC(=O)COCCN(C)Cc1ccc(F)cc1. The van der Waals surface area contributed by atoms with Gasteiger partial charge in [0.25, 0.3) is 0 Å². The van der Waals surface area contributed by atoms with Crippen molar-refractivity contribution in [3.05, 3.63) is 35.6 Å². The van der Waals surface area contributed by atoms with Crippen LogP contribution in [0.5, 0.6) is 0 Å². The first-order chi connectivity index (χ1) is 9.11. The molecule has 106 valence electrons. The van der Waals surface area contributed by atoms with Gasteiger partial charge >= 0.3 is 5.97 Å². The smallest absolute Gasteiger partial charge is 0.332 e. The highest BCUT2D eigenvalue weighted by Gasteiger charge is 2.03. The predicted octanol–water partition coefficient (Wildman–Crippen LogP) is 1.84. The molecule has 0 aliphatic rings. The van der Waals surface area contributed by atoms with Crippen molar-refractivity contribution in [2.45, 2.75) is 13.5 Å². The monoisotopic (exact) mass is 269 g/mol. The normalized spacial score (nSPS) is 10.7. The number of rotatable bonds is 8. The summed E-state index contributed by atoms with van der Waals surface area (Å²) in [5, 5.41) is 0. The van der Waals surface area contributed by atoms with E-state index < -0.39 is 0 Å². The van der Waals surface area contributed by atoms with Crippen LogP contribution in [0, 0.1) is 5.82 Å². The number of likely N-dealkylation sites (N-methyl/N-ethyl adjacent to an activating group) is 1. The van der Waals surface area contributed by atoms with Gasteiger partial charge in [0.2, 0.25) is 0 Å². The molecular formula is C14H20FNO3. The van der Waals surface area contributed by atoms with E-state index in [0.717, 1.165) is 5.56 Å². The van der Waals surface area contributed by atoms with Crippen molar-refractivity contribution in [2.24, 2.45) is 0 Å². The molecule has 0 atom stereocenters. The highest BCUT2D eigenvalue weighted by Crippen LogP contribution is 2.05. The Hall–Kier alpha value is -1.46. The van der Waals surface area contributed by atoms with E-state index in [4.69, 9.17) is 9.47 Å². The van der Waals surface area contributed by atoms with E-state index in [9.17, 15) is 9.18 Å². The number of ether oxygens (including phenoxy) is 2. The highest BCUT2D eigenvalue weighted by molar-refractivity contribution is 5.70. The van der Waals surface area contributed by atoms with Gasteiger partial charge in [0.15, 0.2) is 0 Å². The number of benzene rings is 1. The first kappa shape index (κ1) is 15.6. The number of esters is 1. The van der Waals surface area contributed by atoms with Crippen LogP contribution >= 0.6 is 0 Å². The summed E-state index contributed by atoms with van der Waals surface area (Å²) < 4.78 is 22.7. The fraction of sp³-hybridized carbons (Fsp3) is 0.500. The third-order valence-electron chi connectivity index (χ3n) is 2.51. The van der Waals surface area contributed by atoms with Crippen LogP contribution in [0.3, 0.4) is 0 Å². The van der Waals surface area contributed by atoms with Gasteiger partial charge in [-0.25, -0.2) is 9.18 Å². The number of carbonyl (C=O) groups excluding carboxylic acids is 1. The Morgan fingerprint density at radius 2 is 2.00 bits per heavy atom. The molecule has 0 aliphatic carbocycles. The molecule has 0 aliphatic heterocycles. The number of hydrogen-bond donors (Lipinski definition) is 0. The Morgan fingerprint density at radius 3 is 2.63 bits per heavy atom. The van der Waals surface area contributed by atoms with E-state index in [1.165, 1.54) is 12.1 Å². The number of hydrogen-bond acceptors (Lipinski definition) is 4. The fourth-order valence-electron chi connectivity index (χ4n) is 1.56. The Bertz CT molecular complexity index is 381. The molecule has 0 saturated carbocycles. The summed E-state index contributed by atoms with van der Waals surface area (Å²) in [5.74, 6) is -0.576. The molecular weight excluding hydrogens is 249 g/mol. The summed E-state index contributed by atoms with van der Waals surface area (Å²) in [5.41, 5.74) is 1.04. The zero-order valence-corrected chi connectivity index (χ0v) is 11.4. The van der Waals surface area contributed by atoms with Crippen molar-refractivity contribution >= 4 is 5.97 Å². The molecule has 0 amide bonds. The highest BCUT2D eigenvalue weighted by atomic mass is 19.1. The second-order valence-corrected chi connectivity index (χ2v) is 4.22. The molecule has 1 rings (SSSR count). The third kappa shape index (κ3) is 6.88. The van der Waals surface area contributed by atoms with Crippen LogP contribution < -0.4 is 0 Å². The van der Waals surface area contributed by atoms with E-state index in [2.05, 4.69) is 0 Å². The average Bonchev–Trinajstić information content (AvgIpc) is 2.38. The molecule has 5 heteroatoms. The Morgan fingerprint density at radius 1 is 1.32 bits per heavy atom. The maximum absolute atomic E-state index is 12.7. The Labute approximate surface area is 113 Å². The molecule has 0 fully saturated rings. The molecule has 1 aromatic rings. The zero-order valence-electron chi connectivity index (χ0n) is 11.4. The van der Waals surface area contributed by atoms with E-state index in [1.807, 2.05) is 11.9 Å². The minimum Gasteiger partial charge on any atom is -0.464 e. The van der Waals surface area contributed by atoms with E-state index in [0.29, 0.717) is 26.3 Å². The predicted molar refractivity (Wildman–Crippen MR) is 70.2 cm³/mol. The second-order valence-electron chi connectivity index (χ2n) is 4.22. The summed E-state index contributed by atoms with van der Waals surface area (Å²) in [6, 6.07) is 6.40. The quantitative estimate of drug-likeness (QED) is 0.533. The minimum atomic E-state index is -0.344. The van der Waals surface area contributed by atoms with Crippen molar-refractivity contribution in [2.75, 3.05) is 33.4 Å². The van der Waals surface area contributed by atoms with Crippen LogP contribution in [-0.2, 0) is 20.8 Å². The van der Waals surface area contributed by atoms with Crippen molar-refractivity contribution < 1.29 is 18.7 Å². The van der Waals surface area contributed by atoms with Crippen LogP contribution in [0.1, 0.15) is 12.5 Å². The molecule has 0 spiro atoms. The second kappa shape index (κ2) is 8.61. The minimum absolute atomic E-state index is 0.0156. The number of carbonyl (C=O) groups is 1.